The summed E-state index contributed by atoms with van der Waals surface area (Å²) in [6, 6.07) is 6.38. The zero-order valence-electron chi connectivity index (χ0n) is 17.8. The Balaban J connectivity index is 0.00000289. The van der Waals surface area contributed by atoms with Crippen molar-refractivity contribution in [3.8, 4) is 0 Å². The lowest BCUT2D eigenvalue weighted by Crippen LogP contribution is -2.28. The fourth-order valence-electron chi connectivity index (χ4n) is 3.86. The van der Waals surface area contributed by atoms with Crippen LogP contribution in [-0.4, -0.2) is 48.8 Å². The third-order valence-electron chi connectivity index (χ3n) is 5.37. The molecule has 0 unspecified atom stereocenters. The van der Waals surface area contributed by atoms with Crippen molar-refractivity contribution in [3.05, 3.63) is 45.8 Å². The highest BCUT2D eigenvalue weighted by atomic mass is 35.5. The number of imide groups is 1. The van der Waals surface area contributed by atoms with Gasteiger partial charge in [-0.2, -0.15) is 0 Å². The Kier molecular flexibility index (Phi) is 7.33. The van der Waals surface area contributed by atoms with Crippen LogP contribution in [0.5, 0.6) is 0 Å². The SMILES string of the molecule is CCOC(=O)c1c(NC(=O)c2cccc(N3C(=O)CCC3=O)c2)sc2c1CCN(C)C2.Cl. The zero-order valence-corrected chi connectivity index (χ0v) is 19.4. The van der Waals surface area contributed by atoms with Crippen LogP contribution < -0.4 is 10.2 Å². The monoisotopic (exact) mass is 477 g/mol. The fraction of sp³-hybridized carbons (Fsp3) is 0.364. The summed E-state index contributed by atoms with van der Waals surface area (Å²) in [6.45, 7) is 3.52. The molecule has 1 saturated heterocycles. The average molecular weight is 478 g/mol. The molecule has 0 spiro atoms. The van der Waals surface area contributed by atoms with Crippen molar-refractivity contribution < 1.29 is 23.9 Å². The molecule has 0 radical (unpaired) electrons. The second-order valence-corrected chi connectivity index (χ2v) is 8.65. The molecule has 170 valence electrons. The summed E-state index contributed by atoms with van der Waals surface area (Å²) in [5, 5.41) is 3.31. The molecule has 3 heterocycles. The molecule has 8 nitrogen and oxygen atoms in total. The number of hydrogen-bond donors (Lipinski definition) is 1. The molecule has 0 saturated carbocycles. The van der Waals surface area contributed by atoms with Gasteiger partial charge in [0.15, 0.2) is 0 Å². The van der Waals surface area contributed by atoms with E-state index >= 15 is 0 Å². The number of halogens is 1. The van der Waals surface area contributed by atoms with Crippen molar-refractivity contribution in [1.82, 2.24) is 4.90 Å². The van der Waals surface area contributed by atoms with Crippen molar-refractivity contribution in [2.24, 2.45) is 0 Å². The van der Waals surface area contributed by atoms with Gasteiger partial charge in [-0.3, -0.25) is 19.3 Å². The third-order valence-corrected chi connectivity index (χ3v) is 6.50. The number of fused-ring (bicyclic) bond motifs is 1. The Hall–Kier alpha value is -2.75. The predicted molar refractivity (Wildman–Crippen MR) is 124 cm³/mol. The molecule has 2 aliphatic heterocycles. The minimum atomic E-state index is -0.443. The highest BCUT2D eigenvalue weighted by Gasteiger charge is 2.31. The largest absolute Gasteiger partial charge is 0.462 e. The second kappa shape index (κ2) is 9.81. The van der Waals surface area contributed by atoms with E-state index < -0.39 is 11.9 Å². The van der Waals surface area contributed by atoms with Gasteiger partial charge in [-0.25, -0.2) is 4.79 Å². The molecule has 1 aromatic heterocycles. The van der Waals surface area contributed by atoms with Gasteiger partial charge in [0.1, 0.15) is 5.00 Å². The second-order valence-electron chi connectivity index (χ2n) is 7.54. The molecule has 4 rings (SSSR count). The molecule has 2 aromatic rings. The van der Waals surface area contributed by atoms with Gasteiger partial charge in [-0.15, -0.1) is 23.7 Å². The minimum Gasteiger partial charge on any atom is -0.462 e. The minimum absolute atomic E-state index is 0. The van der Waals surface area contributed by atoms with E-state index in [-0.39, 0.29) is 43.7 Å². The molecular weight excluding hydrogens is 454 g/mol. The van der Waals surface area contributed by atoms with E-state index in [9.17, 15) is 19.2 Å². The zero-order chi connectivity index (χ0) is 22.1. The van der Waals surface area contributed by atoms with E-state index in [1.807, 2.05) is 7.05 Å². The summed E-state index contributed by atoms with van der Waals surface area (Å²) in [4.78, 5) is 54.0. The van der Waals surface area contributed by atoms with Crippen LogP contribution >= 0.6 is 23.7 Å². The molecule has 32 heavy (non-hydrogen) atoms. The van der Waals surface area contributed by atoms with Gasteiger partial charge >= 0.3 is 5.97 Å². The first-order valence-corrected chi connectivity index (χ1v) is 11.0. The van der Waals surface area contributed by atoms with Gasteiger partial charge in [0.25, 0.3) is 5.91 Å². The molecule has 10 heteroatoms. The van der Waals surface area contributed by atoms with E-state index in [1.165, 1.54) is 17.4 Å². The first kappa shape index (κ1) is 23.9. The maximum atomic E-state index is 13.0. The van der Waals surface area contributed by atoms with Gasteiger partial charge in [0.2, 0.25) is 11.8 Å². The summed E-state index contributed by atoms with van der Waals surface area (Å²) in [6.07, 6.45) is 1.06. The van der Waals surface area contributed by atoms with E-state index in [4.69, 9.17) is 4.74 Å². The number of amides is 3. The number of hydrogen-bond acceptors (Lipinski definition) is 7. The molecule has 2 aliphatic rings. The summed E-state index contributed by atoms with van der Waals surface area (Å²) in [5.41, 5.74) is 2.02. The van der Waals surface area contributed by atoms with E-state index in [0.717, 1.165) is 21.9 Å². The average Bonchev–Trinajstić information content (AvgIpc) is 3.26. The first-order chi connectivity index (χ1) is 14.9. The molecule has 1 aromatic carbocycles. The lowest BCUT2D eigenvalue weighted by molar-refractivity contribution is -0.121. The number of likely N-dealkylation sites (N-methyl/N-ethyl adjacent to an activating group) is 1. The Labute approximate surface area is 195 Å². The van der Waals surface area contributed by atoms with Crippen molar-refractivity contribution in [3.63, 3.8) is 0 Å². The number of anilines is 2. The van der Waals surface area contributed by atoms with Crippen LogP contribution in [-0.2, 0) is 27.3 Å². The van der Waals surface area contributed by atoms with Gasteiger partial charge in [-0.1, -0.05) is 6.07 Å². The van der Waals surface area contributed by atoms with E-state index in [2.05, 4.69) is 10.2 Å². The quantitative estimate of drug-likeness (QED) is 0.524. The highest BCUT2D eigenvalue weighted by Crippen LogP contribution is 2.37. The molecule has 3 amide bonds. The summed E-state index contributed by atoms with van der Waals surface area (Å²) in [5.74, 6) is -1.41. The lowest BCUT2D eigenvalue weighted by Gasteiger charge is -2.22. The van der Waals surface area contributed by atoms with Crippen LogP contribution in [0, 0.1) is 0 Å². The molecule has 1 fully saturated rings. The number of thiophene rings is 1. The standard InChI is InChI=1S/C22H23N3O5S.ClH/c1-3-30-22(29)19-15-9-10-24(2)12-16(15)31-21(19)23-20(28)13-5-4-6-14(11-13)25-17(26)7-8-18(25)27;/h4-6,11H,3,7-10,12H2,1-2H3,(H,23,28);1H. The Morgan fingerprint density at radius 1 is 1.16 bits per heavy atom. The molecule has 0 atom stereocenters. The van der Waals surface area contributed by atoms with Gasteiger partial charge in [-0.05, 0) is 44.2 Å². The Bertz CT molecular complexity index is 1070. The van der Waals surface area contributed by atoms with Crippen LogP contribution in [0.1, 0.15) is 50.9 Å². The van der Waals surface area contributed by atoms with Crippen LogP contribution in [0.2, 0.25) is 0 Å². The van der Waals surface area contributed by atoms with Crippen LogP contribution in [0.25, 0.3) is 0 Å². The van der Waals surface area contributed by atoms with Crippen LogP contribution in [0.15, 0.2) is 24.3 Å². The first-order valence-electron chi connectivity index (χ1n) is 10.2. The highest BCUT2D eigenvalue weighted by molar-refractivity contribution is 7.17. The number of benzene rings is 1. The summed E-state index contributed by atoms with van der Waals surface area (Å²) in [7, 11) is 2.01. The smallest absolute Gasteiger partial charge is 0.341 e. The number of nitrogens with one attached hydrogen (secondary N) is 1. The lowest BCUT2D eigenvalue weighted by atomic mass is 10.0. The van der Waals surface area contributed by atoms with Gasteiger partial charge < -0.3 is 15.0 Å². The maximum Gasteiger partial charge on any atom is 0.341 e. The van der Waals surface area contributed by atoms with Crippen molar-refractivity contribution in [2.45, 2.75) is 32.7 Å². The Morgan fingerprint density at radius 3 is 2.56 bits per heavy atom. The molecule has 0 bridgehead atoms. The number of carbonyl (C=O) groups is 4. The number of ether oxygens (including phenoxy) is 1. The van der Waals surface area contributed by atoms with E-state index in [0.29, 0.717) is 34.8 Å². The van der Waals surface area contributed by atoms with Crippen LogP contribution in [0.3, 0.4) is 0 Å². The van der Waals surface area contributed by atoms with Crippen molar-refractivity contribution >= 4 is 58.1 Å². The topological polar surface area (TPSA) is 96.0 Å². The van der Waals surface area contributed by atoms with Gasteiger partial charge in [0.05, 0.1) is 17.9 Å². The normalized spacial score (nSPS) is 15.9. The van der Waals surface area contributed by atoms with Crippen molar-refractivity contribution in [1.29, 1.82) is 0 Å². The predicted octanol–water partition coefficient (Wildman–Crippen LogP) is 3.24. The van der Waals surface area contributed by atoms with E-state index in [1.54, 1.807) is 25.1 Å². The molecule has 0 aliphatic carbocycles. The number of esters is 1. The molecule has 1 N–H and O–H groups in total. The summed E-state index contributed by atoms with van der Waals surface area (Å²) >= 11 is 1.38. The Morgan fingerprint density at radius 2 is 1.88 bits per heavy atom. The van der Waals surface area contributed by atoms with Gasteiger partial charge in [0, 0.05) is 36.4 Å². The number of carbonyl (C=O) groups excluding carboxylic acids is 4. The third kappa shape index (κ3) is 4.55. The summed E-state index contributed by atoms with van der Waals surface area (Å²) < 4.78 is 5.24. The van der Waals surface area contributed by atoms with Crippen LogP contribution in [0.4, 0.5) is 10.7 Å². The maximum absolute atomic E-state index is 13.0. The number of rotatable bonds is 5. The fourth-order valence-corrected chi connectivity index (χ4v) is 5.18. The molecular formula is C22H24ClN3O5S. The number of nitrogens with zero attached hydrogens (tertiary/aromatic N) is 2. The van der Waals surface area contributed by atoms with Crippen molar-refractivity contribution in [2.75, 3.05) is 30.4 Å².